The summed E-state index contributed by atoms with van der Waals surface area (Å²) >= 11 is 0. The molecule has 0 aliphatic heterocycles. The number of esters is 1. The lowest BCUT2D eigenvalue weighted by Gasteiger charge is -2.13. The third-order valence-electron chi connectivity index (χ3n) is 4.29. The minimum absolute atomic E-state index is 0.00205. The number of hydrogen-bond donors (Lipinski definition) is 1. The molecule has 1 amide bonds. The van der Waals surface area contributed by atoms with Crippen LogP contribution >= 0.6 is 0 Å². The Bertz CT molecular complexity index is 1030. The molecule has 0 atom stereocenters. The van der Waals surface area contributed by atoms with E-state index in [1.165, 1.54) is 7.11 Å². The van der Waals surface area contributed by atoms with Gasteiger partial charge in [0.2, 0.25) is 0 Å². The minimum atomic E-state index is -0.648. The van der Waals surface area contributed by atoms with Crippen LogP contribution in [0.1, 0.15) is 26.4 Å². The van der Waals surface area contributed by atoms with Gasteiger partial charge in [-0.1, -0.05) is 18.2 Å². The number of rotatable bonds is 7. The average Bonchev–Trinajstić information content (AvgIpc) is 3.26. The molecular formula is C21H20N2O6. The molecular weight excluding hydrogens is 376 g/mol. The molecule has 0 saturated carbocycles. The van der Waals surface area contributed by atoms with E-state index in [0.29, 0.717) is 22.6 Å². The first kappa shape index (κ1) is 19.9. The van der Waals surface area contributed by atoms with E-state index < -0.39 is 5.97 Å². The van der Waals surface area contributed by atoms with Gasteiger partial charge in [0, 0.05) is 17.7 Å². The Balaban J connectivity index is 1.87. The van der Waals surface area contributed by atoms with Crippen LogP contribution in [-0.2, 0) is 11.3 Å². The van der Waals surface area contributed by atoms with Crippen molar-refractivity contribution in [3.63, 3.8) is 0 Å². The van der Waals surface area contributed by atoms with Gasteiger partial charge in [0.1, 0.15) is 11.5 Å². The molecule has 1 N–H and O–H groups in total. The van der Waals surface area contributed by atoms with Gasteiger partial charge in [0.15, 0.2) is 17.8 Å². The average molecular weight is 396 g/mol. The van der Waals surface area contributed by atoms with Crippen molar-refractivity contribution in [3.8, 4) is 22.8 Å². The molecule has 3 aromatic rings. The molecule has 1 aromatic heterocycles. The Hall–Kier alpha value is -3.81. The lowest BCUT2D eigenvalue weighted by molar-refractivity contribution is 0.0595. The van der Waals surface area contributed by atoms with E-state index >= 15 is 0 Å². The van der Waals surface area contributed by atoms with Crippen molar-refractivity contribution >= 4 is 11.9 Å². The first-order valence-corrected chi connectivity index (χ1v) is 8.69. The van der Waals surface area contributed by atoms with Gasteiger partial charge in [0.05, 0.1) is 26.9 Å². The summed E-state index contributed by atoms with van der Waals surface area (Å²) in [6.45, 7) is 0.216. The van der Waals surface area contributed by atoms with E-state index in [1.807, 2.05) is 0 Å². The predicted molar refractivity (Wildman–Crippen MR) is 104 cm³/mol. The third kappa shape index (κ3) is 4.21. The van der Waals surface area contributed by atoms with E-state index in [-0.39, 0.29) is 23.9 Å². The normalized spacial score (nSPS) is 10.3. The molecule has 8 heteroatoms. The second-order valence-electron chi connectivity index (χ2n) is 5.93. The van der Waals surface area contributed by atoms with Gasteiger partial charge in [0.25, 0.3) is 5.91 Å². The van der Waals surface area contributed by atoms with Crippen LogP contribution in [0.4, 0.5) is 0 Å². The van der Waals surface area contributed by atoms with Gasteiger partial charge in [-0.3, -0.25) is 4.79 Å². The van der Waals surface area contributed by atoms with E-state index in [1.54, 1.807) is 56.7 Å². The maximum atomic E-state index is 12.9. The highest BCUT2D eigenvalue weighted by Gasteiger charge is 2.23. The number of hydrogen-bond acceptors (Lipinski definition) is 7. The zero-order valence-corrected chi connectivity index (χ0v) is 16.2. The SMILES string of the molecule is COC(=O)c1ncoc1-c1ccccc1C(=O)NCc1cc(OC)ccc1OC. The number of nitrogens with one attached hydrogen (secondary N) is 1. The molecule has 3 rings (SSSR count). The van der Waals surface area contributed by atoms with Gasteiger partial charge >= 0.3 is 5.97 Å². The lowest BCUT2D eigenvalue weighted by Crippen LogP contribution is -2.23. The Morgan fingerprint density at radius 1 is 1.07 bits per heavy atom. The van der Waals surface area contributed by atoms with Gasteiger partial charge in [-0.05, 0) is 24.3 Å². The highest BCUT2D eigenvalue weighted by atomic mass is 16.5. The smallest absolute Gasteiger partial charge is 0.360 e. The van der Waals surface area contributed by atoms with Crippen LogP contribution in [0.5, 0.6) is 11.5 Å². The number of methoxy groups -OCH3 is 3. The van der Waals surface area contributed by atoms with Crippen molar-refractivity contribution < 1.29 is 28.2 Å². The van der Waals surface area contributed by atoms with Gasteiger partial charge in [-0.2, -0.15) is 0 Å². The molecule has 2 aromatic carbocycles. The standard InChI is InChI=1S/C21H20N2O6/c1-26-14-8-9-17(27-2)13(10-14)11-22-20(24)16-7-5-4-6-15(16)19-18(21(25)28-3)23-12-29-19/h4-10,12H,11H2,1-3H3,(H,22,24). The molecule has 0 bridgehead atoms. The molecule has 150 valence electrons. The molecule has 0 saturated heterocycles. The Morgan fingerprint density at radius 3 is 2.59 bits per heavy atom. The zero-order chi connectivity index (χ0) is 20.8. The maximum absolute atomic E-state index is 12.9. The van der Waals surface area contributed by atoms with Crippen molar-refractivity contribution in [2.75, 3.05) is 21.3 Å². The minimum Gasteiger partial charge on any atom is -0.497 e. The molecule has 1 heterocycles. The molecule has 0 fully saturated rings. The second-order valence-corrected chi connectivity index (χ2v) is 5.93. The fourth-order valence-corrected chi connectivity index (χ4v) is 2.85. The summed E-state index contributed by atoms with van der Waals surface area (Å²) in [6.07, 6.45) is 1.14. The highest BCUT2D eigenvalue weighted by Crippen LogP contribution is 2.28. The first-order chi connectivity index (χ1) is 14.1. The number of carbonyl (C=O) groups excluding carboxylic acids is 2. The van der Waals surface area contributed by atoms with Crippen LogP contribution in [0.25, 0.3) is 11.3 Å². The van der Waals surface area contributed by atoms with E-state index in [4.69, 9.17) is 18.6 Å². The van der Waals surface area contributed by atoms with E-state index in [2.05, 4.69) is 10.3 Å². The summed E-state index contributed by atoms with van der Waals surface area (Å²) < 4.78 is 20.7. The van der Waals surface area contributed by atoms with Crippen molar-refractivity contribution in [1.29, 1.82) is 0 Å². The molecule has 8 nitrogen and oxygen atoms in total. The lowest BCUT2D eigenvalue weighted by atomic mass is 10.0. The van der Waals surface area contributed by atoms with E-state index in [0.717, 1.165) is 12.0 Å². The van der Waals surface area contributed by atoms with Crippen LogP contribution < -0.4 is 14.8 Å². The maximum Gasteiger partial charge on any atom is 0.360 e. The summed E-state index contributed by atoms with van der Waals surface area (Å²) in [6, 6.07) is 12.1. The van der Waals surface area contributed by atoms with Crippen molar-refractivity contribution in [2.45, 2.75) is 6.54 Å². The van der Waals surface area contributed by atoms with Crippen molar-refractivity contribution in [2.24, 2.45) is 0 Å². The summed E-state index contributed by atoms with van der Waals surface area (Å²) in [7, 11) is 4.37. The Labute approximate surface area is 167 Å². The summed E-state index contributed by atoms with van der Waals surface area (Å²) in [5.41, 5.74) is 1.52. The summed E-state index contributed by atoms with van der Waals surface area (Å²) in [5.74, 6) is 0.451. The van der Waals surface area contributed by atoms with Crippen LogP contribution in [0, 0.1) is 0 Å². The zero-order valence-electron chi connectivity index (χ0n) is 16.2. The van der Waals surface area contributed by atoms with Crippen LogP contribution in [0.2, 0.25) is 0 Å². The molecule has 0 aliphatic carbocycles. The van der Waals surface area contributed by atoms with Gasteiger partial charge < -0.3 is 23.9 Å². The molecule has 0 aliphatic rings. The van der Waals surface area contributed by atoms with Crippen molar-refractivity contribution in [3.05, 3.63) is 65.7 Å². The molecule has 0 spiro atoms. The molecule has 0 radical (unpaired) electrons. The largest absolute Gasteiger partial charge is 0.497 e. The highest BCUT2D eigenvalue weighted by molar-refractivity contribution is 6.03. The first-order valence-electron chi connectivity index (χ1n) is 8.69. The number of carbonyl (C=O) groups is 2. The van der Waals surface area contributed by atoms with Gasteiger partial charge in [-0.15, -0.1) is 0 Å². The number of amides is 1. The molecule has 29 heavy (non-hydrogen) atoms. The van der Waals surface area contributed by atoms with Gasteiger partial charge in [-0.25, -0.2) is 9.78 Å². The van der Waals surface area contributed by atoms with Crippen LogP contribution in [0.3, 0.4) is 0 Å². The predicted octanol–water partition coefficient (Wildman–Crippen LogP) is 3.08. The fourth-order valence-electron chi connectivity index (χ4n) is 2.85. The topological polar surface area (TPSA) is 99.9 Å². The number of benzene rings is 2. The number of aromatic nitrogens is 1. The monoisotopic (exact) mass is 396 g/mol. The second kappa shape index (κ2) is 8.92. The Morgan fingerprint density at radius 2 is 1.86 bits per heavy atom. The van der Waals surface area contributed by atoms with Crippen LogP contribution in [0.15, 0.2) is 53.3 Å². The summed E-state index contributed by atoms with van der Waals surface area (Å²) in [4.78, 5) is 28.7. The molecule has 0 unspecified atom stereocenters. The van der Waals surface area contributed by atoms with E-state index in [9.17, 15) is 9.59 Å². The third-order valence-corrected chi connectivity index (χ3v) is 4.29. The van der Waals surface area contributed by atoms with Crippen LogP contribution in [-0.4, -0.2) is 38.2 Å². The quantitative estimate of drug-likeness (QED) is 0.613. The van der Waals surface area contributed by atoms with Crippen molar-refractivity contribution in [1.82, 2.24) is 10.3 Å². The number of nitrogens with zero attached hydrogens (tertiary/aromatic N) is 1. The summed E-state index contributed by atoms with van der Waals surface area (Å²) in [5, 5.41) is 2.85. The fraction of sp³-hybridized carbons (Fsp3) is 0.190. The number of ether oxygens (including phenoxy) is 3. The number of oxazole rings is 1. The Kier molecular flexibility index (Phi) is 6.13.